The van der Waals surface area contributed by atoms with Gasteiger partial charge in [-0.1, -0.05) is 30.3 Å². The molecule has 2 aromatic rings. The van der Waals surface area contributed by atoms with Gasteiger partial charge < -0.3 is 5.32 Å². The second kappa shape index (κ2) is 4.93. The maximum atomic E-state index is 4.81. The topological polar surface area (TPSA) is 24.9 Å². The van der Waals surface area contributed by atoms with E-state index in [1.807, 2.05) is 0 Å². The Morgan fingerprint density at radius 3 is 2.80 bits per heavy atom. The van der Waals surface area contributed by atoms with Crippen LogP contribution in [-0.2, 0) is 19.3 Å². The smallest absolute Gasteiger partial charge is 0.126 e. The molecule has 102 valence electrons. The molecule has 2 heteroatoms. The van der Waals surface area contributed by atoms with Gasteiger partial charge in [0, 0.05) is 5.69 Å². The predicted octanol–water partition coefficient (Wildman–Crippen LogP) is 4.06. The van der Waals surface area contributed by atoms with Crippen molar-refractivity contribution in [3.05, 3.63) is 58.8 Å². The lowest BCUT2D eigenvalue weighted by molar-refractivity contribution is 0.598. The first kappa shape index (κ1) is 12.0. The van der Waals surface area contributed by atoms with Crippen LogP contribution in [0, 0.1) is 0 Å². The number of aryl methyl sites for hydroxylation is 3. The first-order valence-corrected chi connectivity index (χ1v) is 7.73. The highest BCUT2D eigenvalue weighted by molar-refractivity contribution is 5.44. The van der Waals surface area contributed by atoms with Crippen molar-refractivity contribution in [1.82, 2.24) is 4.98 Å². The molecular weight excluding hydrogens is 244 g/mol. The molecule has 2 aliphatic carbocycles. The standard InChI is InChI=1S/C18H20N2/c1-2-8-15-13(5-1)6-3-10-17(15)20-18-12-11-14-7-4-9-16(14)19-18/h1-2,5,8,11-12,17H,3-4,6-7,9-10H2,(H,19,20). The van der Waals surface area contributed by atoms with Crippen molar-refractivity contribution in [2.75, 3.05) is 5.32 Å². The Morgan fingerprint density at radius 2 is 1.80 bits per heavy atom. The van der Waals surface area contributed by atoms with Gasteiger partial charge in [0.25, 0.3) is 0 Å². The quantitative estimate of drug-likeness (QED) is 0.884. The van der Waals surface area contributed by atoms with Gasteiger partial charge in [0.1, 0.15) is 5.82 Å². The third-order valence-electron chi connectivity index (χ3n) is 4.62. The SMILES string of the molecule is c1ccc2c(c1)CCCC2Nc1ccc2c(n1)CCC2. The fourth-order valence-corrected chi connectivity index (χ4v) is 3.58. The number of rotatable bonds is 2. The summed E-state index contributed by atoms with van der Waals surface area (Å²) in [6.07, 6.45) is 7.29. The minimum absolute atomic E-state index is 0.423. The van der Waals surface area contributed by atoms with Crippen LogP contribution in [0.3, 0.4) is 0 Å². The molecule has 0 radical (unpaired) electrons. The number of nitrogens with one attached hydrogen (secondary N) is 1. The number of pyridine rings is 1. The maximum Gasteiger partial charge on any atom is 0.126 e. The average Bonchev–Trinajstić information content (AvgIpc) is 2.95. The Kier molecular flexibility index (Phi) is 2.95. The second-order valence-corrected chi connectivity index (χ2v) is 5.94. The van der Waals surface area contributed by atoms with Crippen molar-refractivity contribution < 1.29 is 0 Å². The first-order valence-electron chi connectivity index (χ1n) is 7.73. The molecule has 1 aromatic heterocycles. The van der Waals surface area contributed by atoms with Gasteiger partial charge in [-0.05, 0) is 61.3 Å². The van der Waals surface area contributed by atoms with E-state index in [0.717, 1.165) is 12.2 Å². The van der Waals surface area contributed by atoms with Crippen LogP contribution in [-0.4, -0.2) is 4.98 Å². The second-order valence-electron chi connectivity index (χ2n) is 5.94. The van der Waals surface area contributed by atoms with Crippen LogP contribution >= 0.6 is 0 Å². The molecule has 4 rings (SSSR count). The lowest BCUT2D eigenvalue weighted by atomic mass is 9.88. The molecular formula is C18H20N2. The minimum atomic E-state index is 0.423. The number of nitrogens with zero attached hydrogens (tertiary/aromatic N) is 1. The van der Waals surface area contributed by atoms with Crippen molar-refractivity contribution in [2.45, 2.75) is 44.6 Å². The van der Waals surface area contributed by atoms with Crippen molar-refractivity contribution >= 4 is 5.82 Å². The van der Waals surface area contributed by atoms with Gasteiger partial charge in [0.05, 0.1) is 6.04 Å². The van der Waals surface area contributed by atoms with Gasteiger partial charge in [-0.25, -0.2) is 4.98 Å². The number of fused-ring (bicyclic) bond motifs is 2. The minimum Gasteiger partial charge on any atom is -0.363 e. The zero-order chi connectivity index (χ0) is 13.4. The van der Waals surface area contributed by atoms with Crippen LogP contribution in [0.1, 0.15) is 47.7 Å². The van der Waals surface area contributed by atoms with E-state index in [0.29, 0.717) is 6.04 Å². The molecule has 1 N–H and O–H groups in total. The molecule has 0 bridgehead atoms. The lowest BCUT2D eigenvalue weighted by Gasteiger charge is -2.27. The molecule has 1 atom stereocenters. The zero-order valence-corrected chi connectivity index (χ0v) is 11.7. The van der Waals surface area contributed by atoms with E-state index in [4.69, 9.17) is 4.98 Å². The van der Waals surface area contributed by atoms with Gasteiger partial charge in [0.2, 0.25) is 0 Å². The van der Waals surface area contributed by atoms with E-state index in [9.17, 15) is 0 Å². The number of hydrogen-bond acceptors (Lipinski definition) is 2. The van der Waals surface area contributed by atoms with E-state index in [1.54, 1.807) is 0 Å². The summed E-state index contributed by atoms with van der Waals surface area (Å²) in [4.78, 5) is 4.81. The van der Waals surface area contributed by atoms with Crippen LogP contribution in [0.25, 0.3) is 0 Å². The average molecular weight is 264 g/mol. The molecule has 0 amide bonds. The van der Waals surface area contributed by atoms with E-state index < -0.39 is 0 Å². The van der Waals surface area contributed by atoms with Crippen LogP contribution in [0.5, 0.6) is 0 Å². The van der Waals surface area contributed by atoms with Gasteiger partial charge in [-0.2, -0.15) is 0 Å². The first-order chi connectivity index (χ1) is 9.90. The van der Waals surface area contributed by atoms with Gasteiger partial charge in [0.15, 0.2) is 0 Å². The molecule has 0 aliphatic heterocycles. The molecule has 0 fully saturated rings. The van der Waals surface area contributed by atoms with Gasteiger partial charge in [-0.15, -0.1) is 0 Å². The highest BCUT2D eigenvalue weighted by Crippen LogP contribution is 2.32. The molecule has 0 saturated carbocycles. The molecule has 20 heavy (non-hydrogen) atoms. The highest BCUT2D eigenvalue weighted by Gasteiger charge is 2.20. The maximum absolute atomic E-state index is 4.81. The number of benzene rings is 1. The largest absolute Gasteiger partial charge is 0.363 e. The van der Waals surface area contributed by atoms with E-state index in [1.165, 1.54) is 54.5 Å². The fraction of sp³-hybridized carbons (Fsp3) is 0.389. The monoisotopic (exact) mass is 264 g/mol. The molecule has 2 nitrogen and oxygen atoms in total. The highest BCUT2D eigenvalue weighted by atomic mass is 15.0. The van der Waals surface area contributed by atoms with Gasteiger partial charge >= 0.3 is 0 Å². The van der Waals surface area contributed by atoms with Crippen molar-refractivity contribution in [3.63, 3.8) is 0 Å². The molecule has 0 saturated heterocycles. The van der Waals surface area contributed by atoms with Crippen molar-refractivity contribution in [1.29, 1.82) is 0 Å². The summed E-state index contributed by atoms with van der Waals surface area (Å²) in [6, 6.07) is 13.7. The normalized spacial score (nSPS) is 20.3. The molecule has 1 heterocycles. The van der Waals surface area contributed by atoms with E-state index in [-0.39, 0.29) is 0 Å². The van der Waals surface area contributed by atoms with Crippen LogP contribution in [0.4, 0.5) is 5.82 Å². The molecule has 2 aliphatic rings. The number of aromatic nitrogens is 1. The molecule has 0 spiro atoms. The Balaban J connectivity index is 1.61. The van der Waals surface area contributed by atoms with Crippen LogP contribution < -0.4 is 5.32 Å². The summed E-state index contributed by atoms with van der Waals surface area (Å²) in [6.45, 7) is 0. The Labute approximate surface area is 120 Å². The van der Waals surface area contributed by atoms with Crippen LogP contribution in [0.2, 0.25) is 0 Å². The summed E-state index contributed by atoms with van der Waals surface area (Å²) in [5, 5.41) is 3.66. The predicted molar refractivity (Wildman–Crippen MR) is 82.0 cm³/mol. The third kappa shape index (κ3) is 2.09. The Bertz CT molecular complexity index is 633. The Hall–Kier alpha value is -1.83. The summed E-state index contributed by atoms with van der Waals surface area (Å²) in [5.74, 6) is 1.05. The Morgan fingerprint density at radius 1 is 0.900 bits per heavy atom. The number of hydrogen-bond donors (Lipinski definition) is 1. The van der Waals surface area contributed by atoms with E-state index >= 15 is 0 Å². The third-order valence-corrected chi connectivity index (χ3v) is 4.62. The fourth-order valence-electron chi connectivity index (χ4n) is 3.58. The van der Waals surface area contributed by atoms with Crippen molar-refractivity contribution in [3.8, 4) is 0 Å². The molecule has 1 unspecified atom stereocenters. The molecule has 1 aromatic carbocycles. The number of anilines is 1. The summed E-state index contributed by atoms with van der Waals surface area (Å²) in [5.41, 5.74) is 5.71. The summed E-state index contributed by atoms with van der Waals surface area (Å²) < 4.78 is 0. The van der Waals surface area contributed by atoms with Crippen molar-refractivity contribution in [2.24, 2.45) is 0 Å². The lowest BCUT2D eigenvalue weighted by Crippen LogP contribution is -2.18. The zero-order valence-electron chi connectivity index (χ0n) is 11.7. The van der Waals surface area contributed by atoms with Gasteiger partial charge in [-0.3, -0.25) is 0 Å². The summed E-state index contributed by atoms with van der Waals surface area (Å²) in [7, 11) is 0. The van der Waals surface area contributed by atoms with E-state index in [2.05, 4.69) is 41.7 Å². The van der Waals surface area contributed by atoms with Crippen LogP contribution in [0.15, 0.2) is 36.4 Å². The summed E-state index contributed by atoms with van der Waals surface area (Å²) >= 11 is 0.